The molecule has 0 aromatic heterocycles. The van der Waals surface area contributed by atoms with Gasteiger partial charge in [-0.2, -0.15) is 0 Å². The Balaban J connectivity index is 3.86. The van der Waals surface area contributed by atoms with Gasteiger partial charge in [-0.3, -0.25) is 0 Å². The zero-order chi connectivity index (χ0) is 7.82. The van der Waals surface area contributed by atoms with Crippen molar-refractivity contribution in [1.29, 1.82) is 0 Å². The first-order chi connectivity index (χ1) is 4.77. The molecule has 0 rings (SSSR count). The Morgan fingerprint density at radius 3 is 2.00 bits per heavy atom. The van der Waals surface area contributed by atoms with Gasteiger partial charge in [-0.15, -0.1) is 0 Å². The van der Waals surface area contributed by atoms with Gasteiger partial charge in [0.1, 0.15) is 6.11 Å². The smallest absolute Gasteiger partial charge is 0.218 e. The number of aliphatic hydroxyl groups is 3. The maximum Gasteiger partial charge on any atom is 0.218 e. The summed E-state index contributed by atoms with van der Waals surface area (Å²) in [6.07, 6.45) is -0.131. The molecule has 50 valence electrons. The maximum atomic E-state index is 8.14. The van der Waals surface area contributed by atoms with Gasteiger partial charge in [0.2, 0.25) is 6.29 Å². The van der Waals surface area contributed by atoms with Gasteiger partial charge in [-0.1, -0.05) is 0 Å². The Kier molecular flexibility index (Phi) is 4.65. The minimum Gasteiger partial charge on any atom is -0.461 e. The van der Waals surface area contributed by atoms with Crippen LogP contribution in [0, 0.1) is 35.7 Å². The zero-order valence-corrected chi connectivity index (χ0v) is 4.92. The first-order valence-corrected chi connectivity index (χ1v) is 2.28. The third-order valence-electron chi connectivity index (χ3n) is 0.445. The Morgan fingerprint density at radius 1 is 0.900 bits per heavy atom. The van der Waals surface area contributed by atoms with E-state index in [0.717, 1.165) is 0 Å². The van der Waals surface area contributed by atoms with Crippen molar-refractivity contribution in [3.8, 4) is 35.7 Å². The van der Waals surface area contributed by atoms with Crippen LogP contribution in [0.1, 0.15) is 0 Å². The first-order valence-electron chi connectivity index (χ1n) is 2.28. The first kappa shape index (κ1) is 8.40. The SMILES string of the molecule is OC#CC#CC#CC(O)O. The van der Waals surface area contributed by atoms with Gasteiger partial charge in [0.25, 0.3) is 0 Å². The number of hydrogen-bond acceptors (Lipinski definition) is 3. The molecule has 0 saturated carbocycles. The number of hydrogen-bond donors (Lipinski definition) is 3. The summed E-state index contributed by atoms with van der Waals surface area (Å²) in [5.41, 5.74) is 0. The van der Waals surface area contributed by atoms with Crippen LogP contribution in [0.15, 0.2) is 0 Å². The van der Waals surface area contributed by atoms with Gasteiger partial charge in [0, 0.05) is 11.8 Å². The molecule has 0 aliphatic carbocycles. The molecule has 10 heavy (non-hydrogen) atoms. The Bertz CT molecular complexity index is 258. The fourth-order valence-electron chi connectivity index (χ4n) is 0.191. The molecule has 0 unspecified atom stereocenters. The predicted molar refractivity (Wildman–Crippen MR) is 33.5 cm³/mol. The molecule has 3 heteroatoms. The molecule has 0 aromatic carbocycles. The van der Waals surface area contributed by atoms with Crippen molar-refractivity contribution in [3.63, 3.8) is 0 Å². The zero-order valence-electron chi connectivity index (χ0n) is 4.92. The van der Waals surface area contributed by atoms with Crippen molar-refractivity contribution in [1.82, 2.24) is 0 Å². The van der Waals surface area contributed by atoms with Crippen LogP contribution in [-0.4, -0.2) is 21.6 Å². The summed E-state index contributed by atoms with van der Waals surface area (Å²) in [5, 5.41) is 24.1. The minimum absolute atomic E-state index is 1.54. The molecule has 0 aliphatic rings. The second-order valence-corrected chi connectivity index (χ2v) is 1.13. The molecule has 0 amide bonds. The van der Waals surface area contributed by atoms with Crippen LogP contribution in [-0.2, 0) is 0 Å². The molecule has 3 nitrogen and oxygen atoms in total. The van der Waals surface area contributed by atoms with Gasteiger partial charge in [-0.05, 0) is 17.8 Å². The minimum atomic E-state index is -1.67. The van der Waals surface area contributed by atoms with Gasteiger partial charge in [0.15, 0.2) is 0 Å². The summed E-state index contributed by atoms with van der Waals surface area (Å²) in [5.74, 6) is 10.3. The van der Waals surface area contributed by atoms with E-state index < -0.39 is 6.29 Å². The average molecular weight is 136 g/mol. The van der Waals surface area contributed by atoms with E-state index in [2.05, 4.69) is 17.8 Å². The lowest BCUT2D eigenvalue weighted by molar-refractivity contribution is 0.0108. The molecule has 0 radical (unpaired) electrons. The fraction of sp³-hybridized carbons (Fsp3) is 0.143. The van der Waals surface area contributed by atoms with E-state index in [1.165, 1.54) is 6.11 Å². The van der Waals surface area contributed by atoms with E-state index in [4.69, 9.17) is 15.3 Å². The number of aliphatic hydroxyl groups excluding tert-OH is 2. The van der Waals surface area contributed by atoms with Crippen LogP contribution >= 0.6 is 0 Å². The molecule has 0 bridgehead atoms. The molecular weight excluding hydrogens is 132 g/mol. The lowest BCUT2D eigenvalue weighted by atomic mass is 10.5. The molecular formula is C7H4O3. The lowest BCUT2D eigenvalue weighted by Crippen LogP contribution is -1.97. The monoisotopic (exact) mass is 136 g/mol. The van der Waals surface area contributed by atoms with Gasteiger partial charge in [0.05, 0.1) is 0 Å². The Morgan fingerprint density at radius 2 is 1.50 bits per heavy atom. The summed E-state index contributed by atoms with van der Waals surface area (Å²) >= 11 is 0. The normalized spacial score (nSPS) is 5.90. The fourth-order valence-corrected chi connectivity index (χ4v) is 0.191. The van der Waals surface area contributed by atoms with Gasteiger partial charge < -0.3 is 15.3 Å². The van der Waals surface area contributed by atoms with E-state index in [9.17, 15) is 0 Å². The molecule has 0 aromatic rings. The summed E-state index contributed by atoms with van der Waals surface area (Å²) in [4.78, 5) is 0. The van der Waals surface area contributed by atoms with E-state index in [-0.39, 0.29) is 0 Å². The maximum absolute atomic E-state index is 8.14. The van der Waals surface area contributed by atoms with Crippen LogP contribution in [0.3, 0.4) is 0 Å². The van der Waals surface area contributed by atoms with Gasteiger partial charge in [-0.25, -0.2) is 0 Å². The third kappa shape index (κ3) is 6.40. The van der Waals surface area contributed by atoms with E-state index in [1.807, 2.05) is 11.8 Å². The quantitative estimate of drug-likeness (QED) is 0.284. The van der Waals surface area contributed by atoms with E-state index >= 15 is 0 Å². The molecule has 0 heterocycles. The highest BCUT2D eigenvalue weighted by atomic mass is 16.5. The molecule has 0 atom stereocenters. The molecule has 0 aliphatic heterocycles. The van der Waals surface area contributed by atoms with Crippen molar-refractivity contribution in [2.45, 2.75) is 6.29 Å². The molecule has 0 fully saturated rings. The largest absolute Gasteiger partial charge is 0.461 e. The second-order valence-electron chi connectivity index (χ2n) is 1.13. The Hall–Kier alpha value is -1.60. The highest BCUT2D eigenvalue weighted by molar-refractivity contribution is 5.34. The van der Waals surface area contributed by atoms with Crippen molar-refractivity contribution in [2.24, 2.45) is 0 Å². The third-order valence-corrected chi connectivity index (χ3v) is 0.445. The van der Waals surface area contributed by atoms with Crippen LogP contribution in [0.5, 0.6) is 0 Å². The highest BCUT2D eigenvalue weighted by Crippen LogP contribution is 1.64. The molecule has 3 N–H and O–H groups in total. The lowest BCUT2D eigenvalue weighted by Gasteiger charge is -1.82. The summed E-state index contributed by atoms with van der Waals surface area (Å²) in [6, 6.07) is 0. The van der Waals surface area contributed by atoms with Crippen LogP contribution in [0.4, 0.5) is 0 Å². The van der Waals surface area contributed by atoms with Crippen LogP contribution < -0.4 is 0 Å². The second kappa shape index (κ2) is 5.54. The van der Waals surface area contributed by atoms with Crippen molar-refractivity contribution in [2.75, 3.05) is 0 Å². The van der Waals surface area contributed by atoms with Crippen molar-refractivity contribution >= 4 is 0 Å². The van der Waals surface area contributed by atoms with Crippen molar-refractivity contribution < 1.29 is 15.3 Å². The standard InChI is InChI=1S/C7H4O3/c8-6-4-2-1-3-5-7(9)10/h7-10H. The molecule has 0 spiro atoms. The Labute approximate surface area is 58.3 Å². The molecule has 0 saturated heterocycles. The van der Waals surface area contributed by atoms with Crippen LogP contribution in [0.2, 0.25) is 0 Å². The topological polar surface area (TPSA) is 60.7 Å². The summed E-state index contributed by atoms with van der Waals surface area (Å²) in [6.45, 7) is 0. The average Bonchev–Trinajstić information content (AvgIpc) is 1.87. The van der Waals surface area contributed by atoms with Gasteiger partial charge >= 0.3 is 0 Å². The number of rotatable bonds is 0. The van der Waals surface area contributed by atoms with Crippen LogP contribution in [0.25, 0.3) is 0 Å². The summed E-state index contributed by atoms with van der Waals surface area (Å²) in [7, 11) is 0. The summed E-state index contributed by atoms with van der Waals surface area (Å²) < 4.78 is 0. The highest BCUT2D eigenvalue weighted by Gasteiger charge is 1.80. The predicted octanol–water partition coefficient (Wildman–Crippen LogP) is -1.36. The van der Waals surface area contributed by atoms with Crippen molar-refractivity contribution in [3.05, 3.63) is 0 Å². The van der Waals surface area contributed by atoms with E-state index in [0.29, 0.717) is 0 Å². The van der Waals surface area contributed by atoms with E-state index in [1.54, 1.807) is 0 Å².